The number of aliphatic hydroxyl groups excluding tert-OH is 1. The number of nitrogens with one attached hydrogen (secondary N) is 2. The van der Waals surface area contributed by atoms with Crippen molar-refractivity contribution < 1.29 is 28.8 Å². The number of rotatable bonds is 15. The molecule has 3 aromatic rings. The highest BCUT2D eigenvalue weighted by molar-refractivity contribution is 6.01. The van der Waals surface area contributed by atoms with Gasteiger partial charge in [-0.25, -0.2) is 10.4 Å². The van der Waals surface area contributed by atoms with E-state index in [1.807, 2.05) is 78.9 Å². The van der Waals surface area contributed by atoms with Crippen LogP contribution in [0.4, 0.5) is 0 Å². The van der Waals surface area contributed by atoms with E-state index >= 15 is 0 Å². The number of amides is 1. The van der Waals surface area contributed by atoms with Crippen LogP contribution in [0.3, 0.4) is 0 Å². The normalized spacial score (nSPS) is 18.1. The van der Waals surface area contributed by atoms with Gasteiger partial charge in [0.2, 0.25) is 5.90 Å². The summed E-state index contributed by atoms with van der Waals surface area (Å²) in [7, 11) is 3.25. The van der Waals surface area contributed by atoms with E-state index in [0.29, 0.717) is 50.0 Å². The summed E-state index contributed by atoms with van der Waals surface area (Å²) >= 11 is 0. The zero-order valence-corrected chi connectivity index (χ0v) is 23.0. The molecule has 0 aliphatic carbocycles. The summed E-state index contributed by atoms with van der Waals surface area (Å²) in [6, 6.07) is 24.7. The van der Waals surface area contributed by atoms with Crippen molar-refractivity contribution in [3.05, 3.63) is 95.6 Å². The van der Waals surface area contributed by atoms with Crippen molar-refractivity contribution >= 4 is 11.8 Å². The molecule has 0 saturated heterocycles. The summed E-state index contributed by atoms with van der Waals surface area (Å²) in [6.45, 7) is 1.61. The van der Waals surface area contributed by atoms with Crippen molar-refractivity contribution in [1.82, 2.24) is 10.9 Å². The Hall–Kier alpha value is -3.92. The molecule has 2 atom stereocenters. The number of aliphatic hydroxyl groups is 1. The standard InChI is InChI=1S/C31H37N3O6/c1-37-19-7-17-32-34-30(36)31(22-23-9-4-3-5-10-23)28(25-11-6-12-27(21-25)38-2)40-29(33-31)24-13-15-26(16-14-24)39-20-8-18-35/h3-6,9-16,21,28,32,35H,7-8,17-20,22H2,1-2H3,(H,34,36)/t28-,31-/m0/s1. The minimum atomic E-state index is -1.31. The number of methoxy groups -OCH3 is 2. The third kappa shape index (κ3) is 7.18. The highest BCUT2D eigenvalue weighted by Crippen LogP contribution is 2.43. The number of carbonyl (C=O) groups is 1. The molecule has 212 valence electrons. The first-order valence-electron chi connectivity index (χ1n) is 13.4. The molecule has 0 unspecified atom stereocenters. The largest absolute Gasteiger partial charge is 0.497 e. The molecule has 0 bridgehead atoms. The van der Waals surface area contributed by atoms with E-state index in [4.69, 9.17) is 29.0 Å². The summed E-state index contributed by atoms with van der Waals surface area (Å²) in [4.78, 5) is 19.1. The Morgan fingerprint density at radius 3 is 2.50 bits per heavy atom. The van der Waals surface area contributed by atoms with E-state index in [0.717, 1.165) is 23.1 Å². The second-order valence-corrected chi connectivity index (χ2v) is 9.46. The smallest absolute Gasteiger partial charge is 0.266 e. The Labute approximate surface area is 235 Å². The number of aliphatic imine (C=N–C) groups is 1. The number of benzene rings is 3. The van der Waals surface area contributed by atoms with Gasteiger partial charge in [0.1, 0.15) is 11.5 Å². The van der Waals surface area contributed by atoms with Gasteiger partial charge in [0, 0.05) is 45.3 Å². The highest BCUT2D eigenvalue weighted by Gasteiger charge is 2.53. The summed E-state index contributed by atoms with van der Waals surface area (Å²) in [5.41, 5.74) is 7.03. The second kappa shape index (κ2) is 14.5. The lowest BCUT2D eigenvalue weighted by molar-refractivity contribution is -0.130. The van der Waals surface area contributed by atoms with Crippen LogP contribution in [0.1, 0.15) is 35.6 Å². The fraction of sp³-hybridized carbons (Fsp3) is 0.355. The SMILES string of the molecule is COCCCNNC(=O)[C@@]1(Cc2ccccc2)N=C(c2ccc(OCCCO)cc2)O[C@H]1c1cccc(OC)c1. The van der Waals surface area contributed by atoms with E-state index in [9.17, 15) is 4.79 Å². The number of carbonyl (C=O) groups excluding carboxylic acids is 1. The Kier molecular flexibility index (Phi) is 10.5. The topological polar surface area (TPSA) is 111 Å². The van der Waals surface area contributed by atoms with Gasteiger partial charge in [-0.3, -0.25) is 10.2 Å². The molecular weight excluding hydrogens is 510 g/mol. The first-order valence-corrected chi connectivity index (χ1v) is 13.4. The lowest BCUT2D eigenvalue weighted by Gasteiger charge is -2.31. The first-order chi connectivity index (χ1) is 19.6. The molecule has 0 radical (unpaired) electrons. The van der Waals surface area contributed by atoms with Gasteiger partial charge in [0.15, 0.2) is 11.6 Å². The van der Waals surface area contributed by atoms with Gasteiger partial charge in [-0.05, 0) is 53.9 Å². The predicted molar refractivity (Wildman–Crippen MR) is 153 cm³/mol. The van der Waals surface area contributed by atoms with Crippen LogP contribution < -0.4 is 20.3 Å². The van der Waals surface area contributed by atoms with Gasteiger partial charge in [0.05, 0.1) is 13.7 Å². The van der Waals surface area contributed by atoms with Gasteiger partial charge >= 0.3 is 0 Å². The minimum absolute atomic E-state index is 0.0706. The van der Waals surface area contributed by atoms with Crippen LogP contribution >= 0.6 is 0 Å². The number of hydrazine groups is 1. The number of ether oxygens (including phenoxy) is 4. The molecule has 1 aliphatic rings. The molecule has 0 saturated carbocycles. The molecule has 0 spiro atoms. The van der Waals surface area contributed by atoms with Crippen molar-refractivity contribution in [3.63, 3.8) is 0 Å². The molecule has 9 nitrogen and oxygen atoms in total. The quantitative estimate of drug-likeness (QED) is 0.197. The van der Waals surface area contributed by atoms with Crippen LogP contribution in [0.5, 0.6) is 11.5 Å². The lowest BCUT2D eigenvalue weighted by atomic mass is 9.82. The predicted octanol–water partition coefficient (Wildman–Crippen LogP) is 3.61. The van der Waals surface area contributed by atoms with Crippen LogP contribution in [0.15, 0.2) is 83.9 Å². The Bertz CT molecular complexity index is 1250. The number of hydrogen-bond donors (Lipinski definition) is 3. The van der Waals surface area contributed by atoms with Crippen molar-refractivity contribution in [2.75, 3.05) is 40.6 Å². The maximum Gasteiger partial charge on any atom is 0.266 e. The Balaban J connectivity index is 1.72. The Morgan fingerprint density at radius 1 is 0.975 bits per heavy atom. The molecular formula is C31H37N3O6. The maximum absolute atomic E-state index is 14.1. The summed E-state index contributed by atoms with van der Waals surface area (Å²) in [5.74, 6) is 1.39. The van der Waals surface area contributed by atoms with Gasteiger partial charge in [-0.2, -0.15) is 0 Å². The monoisotopic (exact) mass is 547 g/mol. The third-order valence-corrected chi connectivity index (χ3v) is 6.60. The van der Waals surface area contributed by atoms with Crippen molar-refractivity contribution in [1.29, 1.82) is 0 Å². The average molecular weight is 548 g/mol. The summed E-state index contributed by atoms with van der Waals surface area (Å²) in [5, 5.41) is 9.01. The van der Waals surface area contributed by atoms with E-state index in [1.54, 1.807) is 14.2 Å². The van der Waals surface area contributed by atoms with Gasteiger partial charge in [0.25, 0.3) is 5.91 Å². The van der Waals surface area contributed by atoms with E-state index < -0.39 is 11.6 Å². The van der Waals surface area contributed by atoms with Crippen LogP contribution in [0.2, 0.25) is 0 Å². The van der Waals surface area contributed by atoms with Crippen LogP contribution in [-0.2, 0) is 20.7 Å². The zero-order valence-electron chi connectivity index (χ0n) is 23.0. The van der Waals surface area contributed by atoms with Crippen LogP contribution in [0.25, 0.3) is 0 Å². The van der Waals surface area contributed by atoms with E-state index in [-0.39, 0.29) is 12.5 Å². The van der Waals surface area contributed by atoms with Gasteiger partial charge < -0.3 is 24.1 Å². The molecule has 3 N–H and O–H groups in total. The van der Waals surface area contributed by atoms with Crippen LogP contribution in [-0.4, -0.2) is 63.0 Å². The second-order valence-electron chi connectivity index (χ2n) is 9.46. The summed E-state index contributed by atoms with van der Waals surface area (Å²) in [6.07, 6.45) is 0.877. The molecule has 1 heterocycles. The maximum atomic E-state index is 14.1. The van der Waals surface area contributed by atoms with Crippen molar-refractivity contribution in [2.45, 2.75) is 30.9 Å². The number of nitrogens with zero attached hydrogens (tertiary/aromatic N) is 1. The van der Waals surface area contributed by atoms with E-state index in [1.165, 1.54) is 0 Å². The van der Waals surface area contributed by atoms with Gasteiger partial charge in [-0.1, -0.05) is 42.5 Å². The van der Waals surface area contributed by atoms with Crippen molar-refractivity contribution in [3.8, 4) is 11.5 Å². The molecule has 0 fully saturated rings. The van der Waals surface area contributed by atoms with Crippen molar-refractivity contribution in [2.24, 2.45) is 4.99 Å². The van der Waals surface area contributed by atoms with Crippen LogP contribution in [0, 0.1) is 0 Å². The zero-order chi connectivity index (χ0) is 28.2. The molecule has 3 aromatic carbocycles. The average Bonchev–Trinajstić information content (AvgIpc) is 3.38. The first kappa shape index (κ1) is 29.1. The summed E-state index contributed by atoms with van der Waals surface area (Å²) < 4.78 is 22.8. The number of hydrogen-bond acceptors (Lipinski definition) is 8. The molecule has 9 heteroatoms. The molecule has 40 heavy (non-hydrogen) atoms. The Morgan fingerprint density at radius 2 is 1.77 bits per heavy atom. The highest BCUT2D eigenvalue weighted by atomic mass is 16.5. The molecule has 4 rings (SSSR count). The van der Waals surface area contributed by atoms with Gasteiger partial charge in [-0.15, -0.1) is 0 Å². The molecule has 0 aromatic heterocycles. The minimum Gasteiger partial charge on any atom is -0.497 e. The fourth-order valence-electron chi connectivity index (χ4n) is 4.55. The molecule has 1 amide bonds. The fourth-order valence-corrected chi connectivity index (χ4v) is 4.55. The lowest BCUT2D eigenvalue weighted by Crippen LogP contribution is -2.54. The van der Waals surface area contributed by atoms with E-state index in [2.05, 4.69) is 10.9 Å². The molecule has 1 aliphatic heterocycles. The third-order valence-electron chi connectivity index (χ3n) is 6.60.